The van der Waals surface area contributed by atoms with Gasteiger partial charge in [0.05, 0.1) is 17.6 Å². The summed E-state index contributed by atoms with van der Waals surface area (Å²) >= 11 is 0. The molecule has 2 aromatic heterocycles. The topological polar surface area (TPSA) is 72.9 Å². The fourth-order valence-electron chi connectivity index (χ4n) is 2.59. The van der Waals surface area contributed by atoms with Gasteiger partial charge in [-0.1, -0.05) is 29.8 Å². The summed E-state index contributed by atoms with van der Waals surface area (Å²) in [6, 6.07) is 13.0. The first-order valence-electron chi connectivity index (χ1n) is 8.09. The Bertz CT molecular complexity index is 839. The third-order valence-electron chi connectivity index (χ3n) is 3.89. The van der Waals surface area contributed by atoms with E-state index in [1.165, 1.54) is 6.07 Å². The number of hydrogen-bond donors (Lipinski definition) is 1. The van der Waals surface area contributed by atoms with Gasteiger partial charge < -0.3 is 9.67 Å². The zero-order chi connectivity index (χ0) is 16.8. The van der Waals surface area contributed by atoms with Crippen molar-refractivity contribution in [3.05, 3.63) is 70.9 Å². The third kappa shape index (κ3) is 3.90. The van der Waals surface area contributed by atoms with Crippen molar-refractivity contribution < 1.29 is 5.11 Å². The number of hydrogen-bond acceptors (Lipinski definition) is 4. The Morgan fingerprint density at radius 3 is 2.67 bits per heavy atom. The molecule has 0 spiro atoms. The normalized spacial score (nSPS) is 10.8. The molecule has 0 aliphatic heterocycles. The number of rotatable bonds is 7. The molecule has 0 aliphatic carbocycles. The van der Waals surface area contributed by atoms with Crippen molar-refractivity contribution in [3.63, 3.8) is 0 Å². The van der Waals surface area contributed by atoms with E-state index >= 15 is 0 Å². The van der Waals surface area contributed by atoms with Crippen LogP contribution in [0, 0.1) is 0 Å². The van der Waals surface area contributed by atoms with Gasteiger partial charge >= 0.3 is 0 Å². The standard InChI is InChI=1S/C18H20N4O2/c23-17-11-7-13-21(18(17)24)12-6-2-3-8-15-14-22(20-19-15)16-9-4-1-5-10-16/h1,4-5,7,9-11,13-14,23H,2-3,6,8,12H2. The van der Waals surface area contributed by atoms with Gasteiger partial charge in [0, 0.05) is 12.7 Å². The zero-order valence-electron chi connectivity index (χ0n) is 13.4. The predicted octanol–water partition coefficient (Wildman–Crippen LogP) is 2.55. The van der Waals surface area contributed by atoms with Crippen molar-refractivity contribution in [2.24, 2.45) is 0 Å². The van der Waals surface area contributed by atoms with Crippen LogP contribution in [0.15, 0.2) is 59.7 Å². The molecule has 0 saturated carbocycles. The molecule has 3 rings (SSSR count). The highest BCUT2D eigenvalue weighted by molar-refractivity contribution is 5.29. The van der Waals surface area contributed by atoms with E-state index < -0.39 is 0 Å². The maximum Gasteiger partial charge on any atom is 0.292 e. The lowest BCUT2D eigenvalue weighted by Gasteiger charge is -2.05. The van der Waals surface area contributed by atoms with Crippen LogP contribution in [0.4, 0.5) is 0 Å². The third-order valence-corrected chi connectivity index (χ3v) is 3.89. The number of pyridine rings is 1. The minimum Gasteiger partial charge on any atom is -0.503 e. The summed E-state index contributed by atoms with van der Waals surface area (Å²) in [5.74, 6) is -0.199. The Labute approximate surface area is 140 Å². The van der Waals surface area contributed by atoms with Gasteiger partial charge in [-0.05, 0) is 43.5 Å². The van der Waals surface area contributed by atoms with E-state index in [0.717, 1.165) is 37.1 Å². The summed E-state index contributed by atoms with van der Waals surface area (Å²) < 4.78 is 3.32. The predicted molar refractivity (Wildman–Crippen MR) is 91.3 cm³/mol. The van der Waals surface area contributed by atoms with Crippen LogP contribution < -0.4 is 5.56 Å². The fourth-order valence-corrected chi connectivity index (χ4v) is 2.59. The zero-order valence-corrected chi connectivity index (χ0v) is 13.4. The molecule has 0 unspecified atom stereocenters. The first-order valence-corrected chi connectivity index (χ1v) is 8.09. The van der Waals surface area contributed by atoms with Gasteiger partial charge in [-0.2, -0.15) is 0 Å². The van der Waals surface area contributed by atoms with Crippen molar-refractivity contribution in [3.8, 4) is 11.4 Å². The van der Waals surface area contributed by atoms with Gasteiger partial charge in [0.2, 0.25) is 0 Å². The summed E-state index contributed by atoms with van der Waals surface area (Å²) in [4.78, 5) is 11.7. The molecule has 0 saturated heterocycles. The lowest BCUT2D eigenvalue weighted by Crippen LogP contribution is -2.18. The molecule has 0 radical (unpaired) electrons. The largest absolute Gasteiger partial charge is 0.503 e. The quantitative estimate of drug-likeness (QED) is 0.678. The molecule has 24 heavy (non-hydrogen) atoms. The lowest BCUT2D eigenvalue weighted by molar-refractivity contribution is 0.453. The Hall–Kier alpha value is -2.89. The highest BCUT2D eigenvalue weighted by Crippen LogP contribution is 2.09. The highest BCUT2D eigenvalue weighted by Gasteiger charge is 2.03. The molecule has 1 N–H and O–H groups in total. The van der Waals surface area contributed by atoms with Crippen molar-refractivity contribution >= 4 is 0 Å². The Kier molecular flexibility index (Phi) is 5.05. The van der Waals surface area contributed by atoms with Gasteiger partial charge in [0.1, 0.15) is 0 Å². The smallest absolute Gasteiger partial charge is 0.292 e. The Morgan fingerprint density at radius 1 is 1.00 bits per heavy atom. The highest BCUT2D eigenvalue weighted by atomic mass is 16.3. The molecule has 6 nitrogen and oxygen atoms in total. The van der Waals surface area contributed by atoms with E-state index in [0.29, 0.717) is 6.54 Å². The van der Waals surface area contributed by atoms with Gasteiger partial charge in [-0.3, -0.25) is 4.79 Å². The second-order valence-electron chi connectivity index (χ2n) is 5.69. The number of benzene rings is 1. The van der Waals surface area contributed by atoms with E-state index in [4.69, 9.17) is 0 Å². The lowest BCUT2D eigenvalue weighted by atomic mass is 10.1. The Morgan fingerprint density at radius 2 is 1.83 bits per heavy atom. The molecule has 124 valence electrons. The van der Waals surface area contributed by atoms with E-state index in [-0.39, 0.29) is 11.3 Å². The van der Waals surface area contributed by atoms with Crippen molar-refractivity contribution in [2.75, 3.05) is 0 Å². The number of aromatic hydroxyl groups is 1. The van der Waals surface area contributed by atoms with E-state index in [1.807, 2.05) is 36.5 Å². The maximum atomic E-state index is 11.7. The van der Waals surface area contributed by atoms with Gasteiger partial charge in [0.15, 0.2) is 5.75 Å². The molecular weight excluding hydrogens is 304 g/mol. The summed E-state index contributed by atoms with van der Waals surface area (Å²) in [6.45, 7) is 0.615. The van der Waals surface area contributed by atoms with Gasteiger partial charge in [-0.25, -0.2) is 4.68 Å². The summed E-state index contributed by atoms with van der Waals surface area (Å²) in [6.07, 6.45) is 7.38. The molecule has 2 heterocycles. The molecule has 0 fully saturated rings. The minimum absolute atomic E-state index is 0.199. The van der Waals surface area contributed by atoms with Crippen LogP contribution in [-0.4, -0.2) is 24.7 Å². The summed E-state index contributed by atoms with van der Waals surface area (Å²) in [5.41, 5.74) is 1.64. The summed E-state index contributed by atoms with van der Waals surface area (Å²) in [7, 11) is 0. The Balaban J connectivity index is 1.45. The number of unbranched alkanes of at least 4 members (excludes halogenated alkanes) is 2. The molecular formula is C18H20N4O2. The first kappa shape index (κ1) is 16.0. The van der Waals surface area contributed by atoms with E-state index in [9.17, 15) is 9.90 Å². The maximum absolute atomic E-state index is 11.7. The minimum atomic E-state index is -0.330. The second kappa shape index (κ2) is 7.59. The van der Waals surface area contributed by atoms with Crippen LogP contribution in [0.1, 0.15) is 25.0 Å². The number of nitrogens with zero attached hydrogens (tertiary/aromatic N) is 4. The molecule has 0 bridgehead atoms. The van der Waals surface area contributed by atoms with Gasteiger partial charge in [-0.15, -0.1) is 5.10 Å². The van der Waals surface area contributed by atoms with Crippen molar-refractivity contribution in [1.29, 1.82) is 0 Å². The molecule has 3 aromatic rings. The number of aryl methyl sites for hydroxylation is 2. The average Bonchev–Trinajstić information content (AvgIpc) is 3.08. The van der Waals surface area contributed by atoms with Crippen molar-refractivity contribution in [2.45, 2.75) is 32.2 Å². The SMILES string of the molecule is O=c1c(O)cccn1CCCCCc1cn(-c2ccccc2)nn1. The average molecular weight is 324 g/mol. The van der Waals surface area contributed by atoms with Crippen LogP contribution in [0.25, 0.3) is 5.69 Å². The fraction of sp³-hybridized carbons (Fsp3) is 0.278. The second-order valence-corrected chi connectivity index (χ2v) is 5.69. The molecule has 0 aliphatic rings. The first-order chi connectivity index (χ1) is 11.7. The summed E-state index contributed by atoms with van der Waals surface area (Å²) in [5, 5.41) is 17.7. The van der Waals surface area contributed by atoms with Crippen LogP contribution in [0.2, 0.25) is 0 Å². The number of para-hydroxylation sites is 1. The van der Waals surface area contributed by atoms with Crippen LogP contribution in [-0.2, 0) is 13.0 Å². The van der Waals surface area contributed by atoms with Crippen LogP contribution in [0.5, 0.6) is 5.75 Å². The molecule has 6 heteroatoms. The van der Waals surface area contributed by atoms with E-state index in [2.05, 4.69) is 10.3 Å². The van der Waals surface area contributed by atoms with Crippen LogP contribution in [0.3, 0.4) is 0 Å². The van der Waals surface area contributed by atoms with Crippen molar-refractivity contribution in [1.82, 2.24) is 19.6 Å². The molecule has 0 amide bonds. The number of aromatic nitrogens is 4. The monoisotopic (exact) mass is 324 g/mol. The molecule has 1 aromatic carbocycles. The molecule has 0 atom stereocenters. The van der Waals surface area contributed by atoms with E-state index in [1.54, 1.807) is 21.5 Å². The van der Waals surface area contributed by atoms with Crippen LogP contribution >= 0.6 is 0 Å². The van der Waals surface area contributed by atoms with Gasteiger partial charge in [0.25, 0.3) is 5.56 Å².